The van der Waals surface area contributed by atoms with Crippen LogP contribution in [0.4, 0.5) is 0 Å². The molecule has 1 heteroatoms. The second-order valence-corrected chi connectivity index (χ2v) is 6.66. The van der Waals surface area contributed by atoms with E-state index < -0.39 is 0 Å². The van der Waals surface area contributed by atoms with E-state index in [9.17, 15) is 0 Å². The van der Waals surface area contributed by atoms with Crippen LogP contribution in [0.3, 0.4) is 0 Å². The third kappa shape index (κ3) is 4.28. The Morgan fingerprint density at radius 2 is 1.06 bits per heavy atom. The third-order valence-corrected chi connectivity index (χ3v) is 4.64. The van der Waals surface area contributed by atoms with Crippen LogP contribution in [-0.4, -0.2) is 11.7 Å². The number of epoxide rings is 1. The normalized spacial score (nSPS) is 32.5. The highest BCUT2D eigenvalue weighted by Gasteiger charge is 2.51. The minimum absolute atomic E-state index is 0.196. The Bertz CT molecular complexity index is 210. The van der Waals surface area contributed by atoms with E-state index in [1.54, 1.807) is 0 Å². The number of ether oxygens (including phenoxy) is 1. The maximum absolute atomic E-state index is 5.87. The van der Waals surface area contributed by atoms with Gasteiger partial charge in [-0.1, -0.05) is 57.8 Å². The second-order valence-electron chi connectivity index (χ2n) is 6.66. The molecule has 1 heterocycles. The summed E-state index contributed by atoms with van der Waals surface area (Å²) in [5, 5.41) is 0. The first kappa shape index (κ1) is 13.4. The summed E-state index contributed by atoms with van der Waals surface area (Å²) in [4.78, 5) is 0. The van der Waals surface area contributed by atoms with Crippen molar-refractivity contribution < 1.29 is 4.74 Å². The molecule has 1 aliphatic carbocycles. The van der Waals surface area contributed by atoms with Gasteiger partial charge in [-0.15, -0.1) is 0 Å². The molecule has 0 spiro atoms. The van der Waals surface area contributed by atoms with Crippen LogP contribution in [0, 0.1) is 5.92 Å². The van der Waals surface area contributed by atoms with Crippen molar-refractivity contribution in [1.29, 1.82) is 0 Å². The number of hydrogen-bond acceptors (Lipinski definition) is 1. The van der Waals surface area contributed by atoms with E-state index in [4.69, 9.17) is 4.74 Å². The van der Waals surface area contributed by atoms with Gasteiger partial charge < -0.3 is 4.74 Å². The lowest BCUT2D eigenvalue weighted by atomic mass is 9.87. The van der Waals surface area contributed by atoms with E-state index in [-0.39, 0.29) is 5.60 Å². The standard InChI is InChI=1S/C16H30O/c1-16(2)15(17-16)14-12-10-8-6-4-3-5-7-9-11-13-14/h14-15H,3-13H2,1-2H3/t15-/m0/s1. The van der Waals surface area contributed by atoms with Crippen molar-refractivity contribution in [2.24, 2.45) is 5.92 Å². The van der Waals surface area contributed by atoms with Gasteiger partial charge in [-0.25, -0.2) is 0 Å². The van der Waals surface area contributed by atoms with E-state index in [1.807, 2.05) is 0 Å². The zero-order chi connectivity index (χ0) is 12.1. The molecule has 1 nitrogen and oxygen atoms in total. The summed E-state index contributed by atoms with van der Waals surface area (Å²) in [6, 6.07) is 0. The Labute approximate surface area is 107 Å². The maximum atomic E-state index is 5.87. The second kappa shape index (κ2) is 6.22. The van der Waals surface area contributed by atoms with Crippen molar-refractivity contribution >= 4 is 0 Å². The van der Waals surface area contributed by atoms with Crippen molar-refractivity contribution in [3.8, 4) is 0 Å². The van der Waals surface area contributed by atoms with Crippen LogP contribution >= 0.6 is 0 Å². The van der Waals surface area contributed by atoms with Crippen LogP contribution in [0.25, 0.3) is 0 Å². The zero-order valence-electron chi connectivity index (χ0n) is 11.8. The third-order valence-electron chi connectivity index (χ3n) is 4.64. The lowest BCUT2D eigenvalue weighted by Crippen LogP contribution is -2.15. The summed E-state index contributed by atoms with van der Waals surface area (Å²) in [5.74, 6) is 0.851. The average Bonchev–Trinajstić information content (AvgIpc) is 2.88. The highest BCUT2D eigenvalue weighted by molar-refractivity contribution is 4.98. The highest BCUT2D eigenvalue weighted by Crippen LogP contribution is 2.44. The van der Waals surface area contributed by atoms with E-state index in [0.29, 0.717) is 6.10 Å². The molecular formula is C16H30O. The van der Waals surface area contributed by atoms with Crippen LogP contribution < -0.4 is 0 Å². The van der Waals surface area contributed by atoms with Gasteiger partial charge in [0, 0.05) is 0 Å². The van der Waals surface area contributed by atoms with Crippen LogP contribution in [0.15, 0.2) is 0 Å². The van der Waals surface area contributed by atoms with Crippen molar-refractivity contribution in [3.05, 3.63) is 0 Å². The molecule has 0 aromatic rings. The first-order chi connectivity index (χ1) is 8.20. The quantitative estimate of drug-likeness (QED) is 0.580. The minimum Gasteiger partial charge on any atom is -0.366 e. The number of hydrogen-bond donors (Lipinski definition) is 0. The van der Waals surface area contributed by atoms with Gasteiger partial charge >= 0.3 is 0 Å². The molecule has 0 bridgehead atoms. The number of rotatable bonds is 1. The fourth-order valence-electron chi connectivity index (χ4n) is 3.45. The van der Waals surface area contributed by atoms with E-state index >= 15 is 0 Å². The molecule has 0 amide bonds. The van der Waals surface area contributed by atoms with E-state index in [1.165, 1.54) is 70.6 Å². The molecule has 2 fully saturated rings. The monoisotopic (exact) mass is 238 g/mol. The van der Waals surface area contributed by atoms with Crippen LogP contribution in [0.2, 0.25) is 0 Å². The summed E-state index contributed by atoms with van der Waals surface area (Å²) in [6.45, 7) is 4.52. The van der Waals surface area contributed by atoms with Gasteiger partial charge in [0.1, 0.15) is 0 Å². The predicted molar refractivity (Wildman–Crippen MR) is 73.2 cm³/mol. The van der Waals surface area contributed by atoms with E-state index in [0.717, 1.165) is 5.92 Å². The van der Waals surface area contributed by atoms with E-state index in [2.05, 4.69) is 13.8 Å². The molecule has 100 valence electrons. The topological polar surface area (TPSA) is 12.5 Å². The molecule has 1 atom stereocenters. The molecule has 0 radical (unpaired) electrons. The van der Waals surface area contributed by atoms with Crippen molar-refractivity contribution in [3.63, 3.8) is 0 Å². The molecular weight excluding hydrogens is 208 g/mol. The van der Waals surface area contributed by atoms with Gasteiger partial charge in [0.15, 0.2) is 0 Å². The molecule has 0 aromatic carbocycles. The highest BCUT2D eigenvalue weighted by atomic mass is 16.6. The first-order valence-electron chi connectivity index (χ1n) is 7.88. The average molecular weight is 238 g/mol. The van der Waals surface area contributed by atoms with Crippen LogP contribution in [0.1, 0.15) is 84.5 Å². The van der Waals surface area contributed by atoms with Gasteiger partial charge in [0.25, 0.3) is 0 Å². The van der Waals surface area contributed by atoms with Crippen molar-refractivity contribution in [2.75, 3.05) is 0 Å². The Balaban J connectivity index is 1.77. The Morgan fingerprint density at radius 1 is 0.706 bits per heavy atom. The Kier molecular flexibility index (Phi) is 4.90. The van der Waals surface area contributed by atoms with Crippen molar-refractivity contribution in [2.45, 2.75) is 96.2 Å². The molecule has 0 unspecified atom stereocenters. The predicted octanol–water partition coefficient (Wildman–Crippen LogP) is 5.08. The largest absolute Gasteiger partial charge is 0.366 e. The van der Waals surface area contributed by atoms with Gasteiger partial charge in [-0.05, 0) is 32.6 Å². The van der Waals surface area contributed by atoms with Gasteiger partial charge in [-0.3, -0.25) is 0 Å². The fourth-order valence-corrected chi connectivity index (χ4v) is 3.45. The molecule has 17 heavy (non-hydrogen) atoms. The summed E-state index contributed by atoms with van der Waals surface area (Å²) in [5.41, 5.74) is 0.196. The summed E-state index contributed by atoms with van der Waals surface area (Å²) in [6.07, 6.45) is 16.5. The SMILES string of the molecule is CC1(C)O[C@H]1C1CCCCCCCCCCC1. The van der Waals surface area contributed by atoms with Gasteiger partial charge in [-0.2, -0.15) is 0 Å². The first-order valence-corrected chi connectivity index (χ1v) is 7.88. The molecule has 1 saturated heterocycles. The maximum Gasteiger partial charge on any atom is 0.0896 e. The lowest BCUT2D eigenvalue weighted by molar-refractivity contribution is 0.270. The van der Waals surface area contributed by atoms with Gasteiger partial charge in [0.05, 0.1) is 11.7 Å². The molecule has 0 aromatic heterocycles. The summed E-state index contributed by atoms with van der Waals surface area (Å²) >= 11 is 0. The molecule has 1 aliphatic heterocycles. The molecule has 0 N–H and O–H groups in total. The molecule has 1 saturated carbocycles. The van der Waals surface area contributed by atoms with Crippen molar-refractivity contribution in [1.82, 2.24) is 0 Å². The zero-order valence-corrected chi connectivity index (χ0v) is 11.8. The van der Waals surface area contributed by atoms with Gasteiger partial charge in [0.2, 0.25) is 0 Å². The minimum atomic E-state index is 0.196. The Morgan fingerprint density at radius 3 is 1.41 bits per heavy atom. The Hall–Kier alpha value is -0.0400. The summed E-state index contributed by atoms with van der Waals surface area (Å²) in [7, 11) is 0. The smallest absolute Gasteiger partial charge is 0.0896 e. The lowest BCUT2D eigenvalue weighted by Gasteiger charge is -2.16. The molecule has 2 rings (SSSR count). The fraction of sp³-hybridized carbons (Fsp3) is 1.00. The molecule has 2 aliphatic rings. The van der Waals surface area contributed by atoms with Crippen LogP contribution in [0.5, 0.6) is 0 Å². The summed E-state index contributed by atoms with van der Waals surface area (Å²) < 4.78 is 5.87. The van der Waals surface area contributed by atoms with Crippen LogP contribution in [-0.2, 0) is 4.74 Å².